The van der Waals surface area contributed by atoms with Crippen LogP contribution in [0.3, 0.4) is 0 Å². The van der Waals surface area contributed by atoms with Crippen molar-refractivity contribution in [1.29, 1.82) is 0 Å². The first kappa shape index (κ1) is 15.0. The van der Waals surface area contributed by atoms with E-state index in [4.69, 9.17) is 21.1 Å². The number of nitrogens with one attached hydrogen (secondary N) is 1. The zero-order valence-corrected chi connectivity index (χ0v) is 12.1. The van der Waals surface area contributed by atoms with Crippen molar-refractivity contribution in [2.45, 2.75) is 31.6 Å². The van der Waals surface area contributed by atoms with Crippen molar-refractivity contribution in [2.24, 2.45) is 0 Å². The topological polar surface area (TPSA) is 73.6 Å². The zero-order valence-electron chi connectivity index (χ0n) is 11.3. The molecule has 0 bridgehead atoms. The number of nitro benzene ring substituents is 1. The Balaban J connectivity index is 2.05. The Bertz CT molecular complexity index is 497. The van der Waals surface area contributed by atoms with E-state index in [0.717, 1.165) is 6.42 Å². The van der Waals surface area contributed by atoms with E-state index in [1.165, 1.54) is 18.2 Å². The Kier molecular flexibility index (Phi) is 4.80. The largest absolute Gasteiger partial charge is 0.486 e. The fourth-order valence-electron chi connectivity index (χ4n) is 2.26. The molecular weight excluding hydrogens is 284 g/mol. The average Bonchev–Trinajstić information content (AvgIpc) is 2.41. The summed E-state index contributed by atoms with van der Waals surface area (Å²) in [5.41, 5.74) is -0.0505. The molecule has 6 nitrogen and oxygen atoms in total. The van der Waals surface area contributed by atoms with Crippen molar-refractivity contribution in [3.05, 3.63) is 33.3 Å². The lowest BCUT2D eigenvalue weighted by atomic mass is 9.85. The van der Waals surface area contributed by atoms with Gasteiger partial charge in [0.25, 0.3) is 5.69 Å². The standard InChI is InChI=1S/C13H17ClN2O4/c1-3-19-13-10(15-2)7-12(13)20-11-5-4-8(16(17)18)6-9(11)14/h4-6,10,12-13,15H,3,7H2,1-2H3. The SMILES string of the molecule is CCOC1C(NC)CC1Oc1ccc([N+](=O)[O-])cc1Cl. The molecule has 1 aromatic rings. The monoisotopic (exact) mass is 300 g/mol. The minimum Gasteiger partial charge on any atom is -0.486 e. The number of rotatable bonds is 6. The molecule has 20 heavy (non-hydrogen) atoms. The molecule has 0 spiro atoms. The van der Waals surface area contributed by atoms with Crippen LogP contribution in [0.2, 0.25) is 5.02 Å². The molecule has 7 heteroatoms. The van der Waals surface area contributed by atoms with Crippen molar-refractivity contribution >= 4 is 17.3 Å². The maximum Gasteiger partial charge on any atom is 0.271 e. The lowest BCUT2D eigenvalue weighted by Gasteiger charge is -2.43. The lowest BCUT2D eigenvalue weighted by molar-refractivity contribution is -0.384. The maximum absolute atomic E-state index is 10.7. The van der Waals surface area contributed by atoms with Crippen molar-refractivity contribution in [1.82, 2.24) is 5.32 Å². The Labute approximate surface area is 122 Å². The number of nitro groups is 1. The fourth-order valence-corrected chi connectivity index (χ4v) is 2.48. The number of ether oxygens (including phenoxy) is 2. The predicted octanol–water partition coefficient (Wildman–Crippen LogP) is 2.39. The zero-order chi connectivity index (χ0) is 14.7. The summed E-state index contributed by atoms with van der Waals surface area (Å²) in [4.78, 5) is 10.2. The summed E-state index contributed by atoms with van der Waals surface area (Å²) in [7, 11) is 1.88. The van der Waals surface area contributed by atoms with Gasteiger partial charge in [-0.05, 0) is 20.0 Å². The van der Waals surface area contributed by atoms with Crippen LogP contribution in [-0.4, -0.2) is 36.8 Å². The molecule has 2 rings (SSSR count). The van der Waals surface area contributed by atoms with Gasteiger partial charge in [0.1, 0.15) is 18.0 Å². The molecule has 3 unspecified atom stereocenters. The van der Waals surface area contributed by atoms with Gasteiger partial charge in [0, 0.05) is 31.2 Å². The maximum atomic E-state index is 10.7. The fraction of sp³-hybridized carbons (Fsp3) is 0.538. The molecule has 1 aromatic carbocycles. The number of likely N-dealkylation sites (N-methyl/N-ethyl adjacent to an activating group) is 1. The highest BCUT2D eigenvalue weighted by Gasteiger charge is 2.43. The molecule has 0 saturated heterocycles. The molecule has 0 heterocycles. The first-order valence-corrected chi connectivity index (χ1v) is 6.84. The van der Waals surface area contributed by atoms with Gasteiger partial charge in [-0.25, -0.2) is 0 Å². The summed E-state index contributed by atoms with van der Waals surface area (Å²) in [5, 5.41) is 14.1. The third-order valence-corrected chi connectivity index (χ3v) is 3.68. The second-order valence-electron chi connectivity index (χ2n) is 4.58. The summed E-state index contributed by atoms with van der Waals surface area (Å²) >= 11 is 6.01. The third-order valence-electron chi connectivity index (χ3n) is 3.38. The van der Waals surface area contributed by atoms with Crippen LogP contribution in [0.15, 0.2) is 18.2 Å². The minimum atomic E-state index is -0.487. The highest BCUT2D eigenvalue weighted by Crippen LogP contribution is 2.34. The summed E-state index contributed by atoms with van der Waals surface area (Å²) in [6.07, 6.45) is 0.691. The van der Waals surface area contributed by atoms with E-state index in [0.29, 0.717) is 12.4 Å². The van der Waals surface area contributed by atoms with Gasteiger partial charge in [-0.15, -0.1) is 0 Å². The number of halogens is 1. The molecule has 0 radical (unpaired) electrons. The molecule has 0 aliphatic heterocycles. The van der Waals surface area contributed by atoms with Gasteiger partial charge in [0.15, 0.2) is 0 Å². The van der Waals surface area contributed by atoms with E-state index in [1.807, 2.05) is 14.0 Å². The van der Waals surface area contributed by atoms with Crippen LogP contribution in [0.5, 0.6) is 5.75 Å². The highest BCUT2D eigenvalue weighted by atomic mass is 35.5. The normalized spacial score (nSPS) is 25.1. The summed E-state index contributed by atoms with van der Waals surface area (Å²) < 4.78 is 11.4. The summed E-state index contributed by atoms with van der Waals surface area (Å²) in [5.74, 6) is 0.446. The third kappa shape index (κ3) is 3.03. The molecular formula is C13H17ClN2O4. The van der Waals surface area contributed by atoms with Crippen molar-refractivity contribution in [3.8, 4) is 5.75 Å². The van der Waals surface area contributed by atoms with Crippen LogP contribution in [0.4, 0.5) is 5.69 Å². The van der Waals surface area contributed by atoms with Crippen molar-refractivity contribution < 1.29 is 14.4 Å². The van der Waals surface area contributed by atoms with Crippen molar-refractivity contribution in [2.75, 3.05) is 13.7 Å². The van der Waals surface area contributed by atoms with E-state index in [1.54, 1.807) is 0 Å². The quantitative estimate of drug-likeness (QED) is 0.645. The Hall–Kier alpha value is -1.37. The molecule has 110 valence electrons. The Morgan fingerprint density at radius 1 is 1.55 bits per heavy atom. The molecule has 0 amide bonds. The van der Waals surface area contributed by atoms with Gasteiger partial charge in [-0.1, -0.05) is 11.6 Å². The Morgan fingerprint density at radius 2 is 2.30 bits per heavy atom. The van der Waals surface area contributed by atoms with E-state index >= 15 is 0 Å². The number of hydrogen-bond donors (Lipinski definition) is 1. The number of benzene rings is 1. The van der Waals surface area contributed by atoms with Crippen LogP contribution in [0.25, 0.3) is 0 Å². The van der Waals surface area contributed by atoms with Crippen LogP contribution in [-0.2, 0) is 4.74 Å². The predicted molar refractivity (Wildman–Crippen MR) is 75.4 cm³/mol. The molecule has 1 N–H and O–H groups in total. The highest BCUT2D eigenvalue weighted by molar-refractivity contribution is 6.32. The molecule has 3 atom stereocenters. The summed E-state index contributed by atoms with van der Waals surface area (Å²) in [6, 6.07) is 4.46. The molecule has 1 saturated carbocycles. The second-order valence-corrected chi connectivity index (χ2v) is 4.99. The van der Waals surface area contributed by atoms with E-state index < -0.39 is 4.92 Å². The van der Waals surface area contributed by atoms with Crippen LogP contribution in [0.1, 0.15) is 13.3 Å². The van der Waals surface area contributed by atoms with Gasteiger partial charge in [0.2, 0.25) is 0 Å². The number of hydrogen-bond acceptors (Lipinski definition) is 5. The number of non-ortho nitro benzene ring substituents is 1. The molecule has 0 aromatic heterocycles. The molecule has 1 aliphatic carbocycles. The molecule has 1 fully saturated rings. The van der Waals surface area contributed by atoms with E-state index in [2.05, 4.69) is 5.32 Å². The van der Waals surface area contributed by atoms with Crippen LogP contribution >= 0.6 is 11.6 Å². The van der Waals surface area contributed by atoms with Gasteiger partial charge in [-0.3, -0.25) is 10.1 Å². The van der Waals surface area contributed by atoms with Crippen LogP contribution < -0.4 is 10.1 Å². The van der Waals surface area contributed by atoms with Gasteiger partial charge < -0.3 is 14.8 Å². The second kappa shape index (κ2) is 6.39. The first-order valence-electron chi connectivity index (χ1n) is 6.46. The number of nitrogens with zero attached hydrogens (tertiary/aromatic N) is 1. The minimum absolute atomic E-state index is 0.0312. The summed E-state index contributed by atoms with van der Waals surface area (Å²) in [6.45, 7) is 2.54. The van der Waals surface area contributed by atoms with E-state index in [-0.39, 0.29) is 29.0 Å². The molecule has 1 aliphatic rings. The van der Waals surface area contributed by atoms with Crippen LogP contribution in [0, 0.1) is 10.1 Å². The van der Waals surface area contributed by atoms with E-state index in [9.17, 15) is 10.1 Å². The first-order chi connectivity index (χ1) is 9.56. The van der Waals surface area contributed by atoms with Crippen molar-refractivity contribution in [3.63, 3.8) is 0 Å². The van der Waals surface area contributed by atoms with Gasteiger partial charge >= 0.3 is 0 Å². The average molecular weight is 301 g/mol. The smallest absolute Gasteiger partial charge is 0.271 e. The van der Waals surface area contributed by atoms with Gasteiger partial charge in [0.05, 0.1) is 9.95 Å². The Morgan fingerprint density at radius 3 is 2.85 bits per heavy atom. The van der Waals surface area contributed by atoms with Gasteiger partial charge in [-0.2, -0.15) is 0 Å². The lowest BCUT2D eigenvalue weighted by Crippen LogP contribution is -2.60.